The minimum Gasteiger partial charge on any atom is -0.385 e. The topological polar surface area (TPSA) is 44.1 Å². The summed E-state index contributed by atoms with van der Waals surface area (Å²) in [5.41, 5.74) is -0.855. The van der Waals surface area contributed by atoms with Gasteiger partial charge in [0.15, 0.2) is 0 Å². The molecule has 0 aromatic heterocycles. The van der Waals surface area contributed by atoms with E-state index in [1.807, 2.05) is 0 Å². The fourth-order valence-electron chi connectivity index (χ4n) is 0. The van der Waals surface area contributed by atoms with E-state index < -0.39 is 5.60 Å². The normalized spacial score (nSPS) is 11.9. The van der Waals surface area contributed by atoms with Gasteiger partial charge in [0.25, 0.3) is 0 Å². The molecule has 2 nitrogen and oxygen atoms in total. The molecular formula is C4H11NOSi. The Kier molecular flexibility index (Phi) is 1.72. The minimum absolute atomic E-state index is 0.438. The van der Waals surface area contributed by atoms with Crippen molar-refractivity contribution in [3.63, 3.8) is 0 Å². The van der Waals surface area contributed by atoms with Gasteiger partial charge in [0.05, 0.1) is 15.8 Å². The second-order valence-electron chi connectivity index (χ2n) is 2.18. The van der Waals surface area contributed by atoms with Crippen LogP contribution in [0.5, 0.6) is 0 Å². The lowest BCUT2D eigenvalue weighted by Crippen LogP contribution is -2.30. The van der Waals surface area contributed by atoms with Gasteiger partial charge in [-0.15, -0.1) is 0 Å². The summed E-state index contributed by atoms with van der Waals surface area (Å²) in [6.45, 7) is 3.25. The molecule has 0 rings (SSSR count). The highest BCUT2D eigenvalue weighted by Crippen LogP contribution is 1.97. The molecule has 0 aromatic rings. The van der Waals surface area contributed by atoms with Crippen LogP contribution in [0.2, 0.25) is 0 Å². The maximum absolute atomic E-state index is 8.91. The highest BCUT2D eigenvalue weighted by Gasteiger charge is 2.13. The van der Waals surface area contributed by atoms with Crippen LogP contribution in [0.1, 0.15) is 13.8 Å². The Morgan fingerprint density at radius 3 is 1.86 bits per heavy atom. The summed E-state index contributed by atoms with van der Waals surface area (Å²) in [6.07, 6.45) is 0. The van der Waals surface area contributed by atoms with Crippen LogP contribution >= 0.6 is 0 Å². The third kappa shape index (κ3) is 2.53. The van der Waals surface area contributed by atoms with Gasteiger partial charge >= 0.3 is 0 Å². The molecule has 0 heterocycles. The molecule has 0 saturated carbocycles. The van der Waals surface area contributed by atoms with E-state index in [4.69, 9.17) is 10.5 Å². The molecule has 0 saturated heterocycles. The number of rotatable bonds is 1. The average Bonchev–Trinajstić information content (AvgIpc) is 1.31. The lowest BCUT2D eigenvalue weighted by Gasteiger charge is -2.13. The van der Waals surface area contributed by atoms with Crippen molar-refractivity contribution < 1.29 is 5.11 Å². The zero-order chi connectivity index (χ0) is 6.08. The molecule has 0 spiro atoms. The number of nitrogens with one attached hydrogen (secondary N) is 1. The fraction of sp³-hybridized carbons (Fsp3) is 0.750. The van der Waals surface area contributed by atoms with Crippen molar-refractivity contribution in [2.45, 2.75) is 19.4 Å². The molecule has 0 radical (unpaired) electrons. The summed E-state index contributed by atoms with van der Waals surface area (Å²) in [6, 6.07) is 0. The van der Waals surface area contributed by atoms with E-state index in [-0.39, 0.29) is 0 Å². The zero-order valence-corrected chi connectivity index (χ0v) is 6.95. The van der Waals surface area contributed by atoms with E-state index >= 15 is 0 Å². The van der Waals surface area contributed by atoms with Crippen LogP contribution in [-0.2, 0) is 0 Å². The molecule has 2 N–H and O–H groups in total. The third-order valence-corrected chi connectivity index (χ3v) is 2.14. The van der Waals surface area contributed by atoms with Gasteiger partial charge in [-0.2, -0.15) is 0 Å². The Balaban J connectivity index is 3.79. The third-order valence-electron chi connectivity index (χ3n) is 0.918. The molecule has 0 aliphatic carbocycles. The van der Waals surface area contributed by atoms with Crippen molar-refractivity contribution in [2.24, 2.45) is 0 Å². The van der Waals surface area contributed by atoms with Crippen LogP contribution in [-0.4, -0.2) is 26.3 Å². The molecule has 42 valence electrons. The van der Waals surface area contributed by atoms with Gasteiger partial charge in [-0.1, -0.05) is 0 Å². The average molecular weight is 117 g/mol. The van der Waals surface area contributed by atoms with Crippen molar-refractivity contribution in [1.29, 1.82) is 5.41 Å². The van der Waals surface area contributed by atoms with E-state index in [2.05, 4.69) is 0 Å². The molecular weight excluding hydrogens is 106 g/mol. The standard InChI is InChI=1S/C4H11NOSi/c1-4(2,6)3(5)7/h5-6H,1-2,7H3. The van der Waals surface area contributed by atoms with Gasteiger partial charge in [-0.25, -0.2) is 0 Å². The van der Waals surface area contributed by atoms with Crippen LogP contribution < -0.4 is 0 Å². The fourth-order valence-corrected chi connectivity index (χ4v) is 0. The van der Waals surface area contributed by atoms with Gasteiger partial charge in [0.1, 0.15) is 0 Å². The second kappa shape index (κ2) is 1.75. The SMILES string of the molecule is CC(C)(O)C(=N)[SiH3]. The van der Waals surface area contributed by atoms with Crippen molar-refractivity contribution >= 4 is 15.6 Å². The number of hydrogen-bond donors (Lipinski definition) is 2. The monoisotopic (exact) mass is 117 g/mol. The van der Waals surface area contributed by atoms with Gasteiger partial charge < -0.3 is 10.5 Å². The van der Waals surface area contributed by atoms with Crippen LogP contribution in [0.25, 0.3) is 0 Å². The summed E-state index contributed by atoms with van der Waals surface area (Å²) < 4.78 is 0. The zero-order valence-electron chi connectivity index (χ0n) is 4.95. The molecule has 0 aliphatic heterocycles. The molecule has 7 heavy (non-hydrogen) atoms. The van der Waals surface area contributed by atoms with Crippen LogP contribution in [0, 0.1) is 5.41 Å². The Morgan fingerprint density at radius 1 is 1.71 bits per heavy atom. The number of hydrogen-bond acceptors (Lipinski definition) is 2. The first-order valence-corrected chi connectivity index (χ1v) is 3.22. The summed E-state index contributed by atoms with van der Waals surface area (Å²) in [7, 11) is 0.661. The quantitative estimate of drug-likeness (QED) is 0.339. The largest absolute Gasteiger partial charge is 0.385 e. The first-order valence-electron chi connectivity index (χ1n) is 2.22. The lowest BCUT2D eigenvalue weighted by atomic mass is 10.2. The summed E-state index contributed by atoms with van der Waals surface area (Å²) in [5, 5.41) is 16.3. The Morgan fingerprint density at radius 2 is 1.86 bits per heavy atom. The van der Waals surface area contributed by atoms with Crippen molar-refractivity contribution in [1.82, 2.24) is 0 Å². The van der Waals surface area contributed by atoms with Gasteiger partial charge in [0, 0.05) is 5.33 Å². The summed E-state index contributed by atoms with van der Waals surface area (Å²) >= 11 is 0. The Labute approximate surface area is 46.5 Å². The van der Waals surface area contributed by atoms with E-state index in [0.717, 1.165) is 0 Å². The van der Waals surface area contributed by atoms with E-state index in [1.165, 1.54) is 0 Å². The summed E-state index contributed by atoms with van der Waals surface area (Å²) in [4.78, 5) is 0. The minimum atomic E-state index is -0.855. The molecule has 0 unspecified atom stereocenters. The smallest absolute Gasteiger partial charge is 0.0913 e. The highest BCUT2D eigenvalue weighted by atomic mass is 28.1. The molecule has 0 amide bonds. The molecule has 0 aromatic carbocycles. The molecule has 0 atom stereocenters. The van der Waals surface area contributed by atoms with E-state index in [1.54, 1.807) is 13.8 Å². The Bertz CT molecular complexity index is 84.2. The predicted octanol–water partition coefficient (Wildman–Crippen LogP) is -0.900. The van der Waals surface area contributed by atoms with Crippen molar-refractivity contribution in [3.05, 3.63) is 0 Å². The second-order valence-corrected chi connectivity index (χ2v) is 3.18. The van der Waals surface area contributed by atoms with Gasteiger partial charge in [-0.05, 0) is 13.8 Å². The van der Waals surface area contributed by atoms with Crippen molar-refractivity contribution in [2.75, 3.05) is 0 Å². The van der Waals surface area contributed by atoms with Crippen molar-refractivity contribution in [3.8, 4) is 0 Å². The van der Waals surface area contributed by atoms with Gasteiger partial charge in [0.2, 0.25) is 0 Å². The van der Waals surface area contributed by atoms with Crippen LogP contribution in [0.4, 0.5) is 0 Å². The molecule has 0 fully saturated rings. The van der Waals surface area contributed by atoms with E-state index in [0.29, 0.717) is 15.6 Å². The maximum atomic E-state index is 8.91. The van der Waals surface area contributed by atoms with E-state index in [9.17, 15) is 0 Å². The molecule has 0 bridgehead atoms. The first-order chi connectivity index (χ1) is 2.94. The molecule has 3 heteroatoms. The molecule has 0 aliphatic rings. The highest BCUT2D eigenvalue weighted by molar-refractivity contribution is 6.60. The Hall–Kier alpha value is -0.153. The van der Waals surface area contributed by atoms with Crippen LogP contribution in [0.3, 0.4) is 0 Å². The number of aliphatic hydroxyl groups is 1. The maximum Gasteiger partial charge on any atom is 0.0913 e. The lowest BCUT2D eigenvalue weighted by molar-refractivity contribution is 0.156. The van der Waals surface area contributed by atoms with Crippen LogP contribution in [0.15, 0.2) is 0 Å². The first kappa shape index (κ1) is 6.85. The summed E-state index contributed by atoms with van der Waals surface area (Å²) in [5.74, 6) is 0. The predicted molar refractivity (Wildman–Crippen MR) is 34.0 cm³/mol. The van der Waals surface area contributed by atoms with Gasteiger partial charge in [-0.3, -0.25) is 0 Å².